The fourth-order valence-corrected chi connectivity index (χ4v) is 2.07. The van der Waals surface area contributed by atoms with Crippen LogP contribution in [0, 0.1) is 0 Å². The zero-order chi connectivity index (χ0) is 11.0. The molecule has 0 bridgehead atoms. The van der Waals surface area contributed by atoms with Crippen LogP contribution >= 0.6 is 7.82 Å². The molecule has 1 atom stereocenters. The van der Waals surface area contributed by atoms with Crippen LogP contribution in [0.5, 0.6) is 0 Å². The molecule has 0 amide bonds. The Morgan fingerprint density at radius 3 is 2.00 bits per heavy atom. The lowest BCUT2D eigenvalue weighted by Gasteiger charge is -2.13. The van der Waals surface area contributed by atoms with Crippen LogP contribution in [0.1, 0.15) is 0 Å². The topological polar surface area (TPSA) is 82.1 Å². The van der Waals surface area contributed by atoms with E-state index in [9.17, 15) is 8.77 Å². The van der Waals surface area contributed by atoms with E-state index in [0.717, 1.165) is 0 Å². The normalized spacial score (nSPS) is 13.5. The largest absolute Gasteiger partial charge is 0.490 e. The van der Waals surface area contributed by atoms with E-state index in [4.69, 9.17) is 4.55 Å². The molecule has 0 aromatic carbocycles. The number of hydrogen-bond acceptors (Lipinski definition) is 5. The maximum atomic E-state index is 11.4. The molecule has 0 saturated heterocycles. The van der Waals surface area contributed by atoms with E-state index in [1.165, 1.54) is 12.2 Å². The molecular formula is C6H11O6PS. The second-order valence-electron chi connectivity index (χ2n) is 1.91. The van der Waals surface area contributed by atoms with Gasteiger partial charge < -0.3 is 0 Å². The summed E-state index contributed by atoms with van der Waals surface area (Å²) < 4.78 is 43.3. The molecule has 6 nitrogen and oxygen atoms in total. The lowest BCUT2D eigenvalue weighted by Crippen LogP contribution is -2.02. The van der Waals surface area contributed by atoms with E-state index >= 15 is 0 Å². The van der Waals surface area contributed by atoms with Gasteiger partial charge in [0.25, 0.3) is 0 Å². The van der Waals surface area contributed by atoms with Crippen LogP contribution in [0.3, 0.4) is 0 Å². The fourth-order valence-electron chi connectivity index (χ4n) is 0.446. The zero-order valence-corrected chi connectivity index (χ0v) is 9.04. The third kappa shape index (κ3) is 6.20. The summed E-state index contributed by atoms with van der Waals surface area (Å²) in [5.41, 5.74) is 0. The van der Waals surface area contributed by atoms with Gasteiger partial charge in [-0.2, -0.15) is 8.18 Å². The average Bonchev–Trinajstić information content (AvgIpc) is 2.11. The molecule has 0 aliphatic carbocycles. The SMILES string of the molecule is C=CCOP(=O)(OCC=C)OS(=O)O. The van der Waals surface area contributed by atoms with Gasteiger partial charge in [-0.15, -0.1) is 13.2 Å². The first-order valence-corrected chi connectivity index (χ1v) is 5.95. The molecule has 0 rings (SSSR count). The van der Waals surface area contributed by atoms with Crippen LogP contribution in [0.4, 0.5) is 0 Å². The van der Waals surface area contributed by atoms with Gasteiger partial charge in [0.05, 0.1) is 13.2 Å². The number of phosphoric ester groups is 1. The van der Waals surface area contributed by atoms with Crippen molar-refractivity contribution in [2.45, 2.75) is 0 Å². The van der Waals surface area contributed by atoms with Gasteiger partial charge in [0.1, 0.15) is 0 Å². The molecule has 1 N–H and O–H groups in total. The summed E-state index contributed by atoms with van der Waals surface area (Å²) in [4.78, 5) is 0. The molecule has 0 spiro atoms. The van der Waals surface area contributed by atoms with Crippen molar-refractivity contribution in [1.82, 2.24) is 0 Å². The molecule has 0 aliphatic heterocycles. The Labute approximate surface area is 84.7 Å². The smallest absolute Gasteiger partial charge is 0.284 e. The highest BCUT2D eigenvalue weighted by Gasteiger charge is 2.28. The molecule has 0 heterocycles. The predicted octanol–water partition coefficient (Wildman–Crippen LogP) is 1.65. The molecule has 0 fully saturated rings. The molecule has 82 valence electrons. The first-order valence-electron chi connectivity index (χ1n) is 3.46. The summed E-state index contributed by atoms with van der Waals surface area (Å²) in [6.07, 6.45) is 2.60. The summed E-state index contributed by atoms with van der Waals surface area (Å²) in [6, 6.07) is 0. The van der Waals surface area contributed by atoms with Gasteiger partial charge in [-0.3, -0.25) is 13.6 Å². The lowest BCUT2D eigenvalue weighted by atomic mass is 10.7. The Morgan fingerprint density at radius 2 is 1.71 bits per heavy atom. The quantitative estimate of drug-likeness (QED) is 0.396. The van der Waals surface area contributed by atoms with Gasteiger partial charge in [-0.25, -0.2) is 4.57 Å². The lowest BCUT2D eigenvalue weighted by molar-refractivity contribution is 0.182. The van der Waals surface area contributed by atoms with E-state index in [1.54, 1.807) is 0 Å². The Balaban J connectivity index is 4.31. The van der Waals surface area contributed by atoms with Gasteiger partial charge in [0, 0.05) is 0 Å². The second-order valence-corrected chi connectivity index (χ2v) is 4.35. The number of phosphoric acid groups is 1. The second kappa shape index (κ2) is 7.05. The van der Waals surface area contributed by atoms with Gasteiger partial charge in [-0.1, -0.05) is 12.2 Å². The van der Waals surface area contributed by atoms with Crippen molar-refractivity contribution in [1.29, 1.82) is 0 Å². The standard InChI is InChI=1S/C6H11O6PS/c1-3-5-10-13(7,11-6-4-2)12-14(8)9/h3-4H,1-2,5-6H2,(H,8,9). The van der Waals surface area contributed by atoms with E-state index < -0.39 is 19.2 Å². The molecule has 0 aromatic heterocycles. The van der Waals surface area contributed by atoms with Crippen molar-refractivity contribution in [2.24, 2.45) is 0 Å². The van der Waals surface area contributed by atoms with Crippen molar-refractivity contribution >= 4 is 19.2 Å². The molecule has 0 aliphatic rings. The first kappa shape index (κ1) is 13.7. The molecular weight excluding hydrogens is 231 g/mol. The highest BCUT2D eigenvalue weighted by Crippen LogP contribution is 2.49. The summed E-state index contributed by atoms with van der Waals surface area (Å²) in [5, 5.41) is 0. The van der Waals surface area contributed by atoms with E-state index in [-0.39, 0.29) is 13.2 Å². The molecule has 0 saturated carbocycles. The molecule has 0 aromatic rings. The Morgan fingerprint density at radius 1 is 1.29 bits per heavy atom. The summed E-state index contributed by atoms with van der Waals surface area (Å²) in [5.74, 6) is 0. The summed E-state index contributed by atoms with van der Waals surface area (Å²) in [7, 11) is -4.00. The van der Waals surface area contributed by atoms with E-state index in [0.29, 0.717) is 0 Å². The van der Waals surface area contributed by atoms with Gasteiger partial charge in [-0.05, 0) is 0 Å². The van der Waals surface area contributed by atoms with Crippen molar-refractivity contribution in [2.75, 3.05) is 13.2 Å². The highest BCUT2D eigenvalue weighted by atomic mass is 32.2. The van der Waals surface area contributed by atoms with Gasteiger partial charge in [0.2, 0.25) is 0 Å². The van der Waals surface area contributed by atoms with Crippen molar-refractivity contribution in [3.8, 4) is 0 Å². The van der Waals surface area contributed by atoms with Crippen LogP contribution in [0.15, 0.2) is 25.3 Å². The molecule has 1 unspecified atom stereocenters. The van der Waals surface area contributed by atoms with Crippen LogP contribution < -0.4 is 0 Å². The Kier molecular flexibility index (Phi) is 6.90. The Hall–Kier alpha value is -0.300. The monoisotopic (exact) mass is 242 g/mol. The van der Waals surface area contributed by atoms with Crippen molar-refractivity contribution in [3.63, 3.8) is 0 Å². The van der Waals surface area contributed by atoms with E-state index in [2.05, 4.69) is 26.2 Å². The third-order valence-corrected chi connectivity index (χ3v) is 3.03. The number of hydrogen-bond donors (Lipinski definition) is 1. The number of rotatable bonds is 8. The molecule has 0 radical (unpaired) electrons. The van der Waals surface area contributed by atoms with Gasteiger partial charge in [0.15, 0.2) is 0 Å². The fraction of sp³-hybridized carbons (Fsp3) is 0.333. The van der Waals surface area contributed by atoms with Crippen LogP contribution in [-0.4, -0.2) is 22.0 Å². The molecule has 8 heteroatoms. The average molecular weight is 242 g/mol. The van der Waals surface area contributed by atoms with Crippen LogP contribution in [0.2, 0.25) is 0 Å². The summed E-state index contributed by atoms with van der Waals surface area (Å²) in [6.45, 7) is 6.38. The van der Waals surface area contributed by atoms with Crippen molar-refractivity contribution < 1.29 is 26.3 Å². The molecule has 14 heavy (non-hydrogen) atoms. The zero-order valence-electron chi connectivity index (χ0n) is 7.33. The Bertz CT molecular complexity index is 249. The summed E-state index contributed by atoms with van der Waals surface area (Å²) >= 11 is -2.72. The van der Waals surface area contributed by atoms with Gasteiger partial charge >= 0.3 is 19.2 Å². The minimum atomic E-state index is -4.00. The van der Waals surface area contributed by atoms with Crippen LogP contribution in [-0.2, 0) is 28.9 Å². The minimum absolute atomic E-state index is 0.119. The highest BCUT2D eigenvalue weighted by molar-refractivity contribution is 7.79. The van der Waals surface area contributed by atoms with Crippen LogP contribution in [0.25, 0.3) is 0 Å². The van der Waals surface area contributed by atoms with Crippen molar-refractivity contribution in [3.05, 3.63) is 25.3 Å². The minimum Gasteiger partial charge on any atom is -0.284 e. The predicted molar refractivity (Wildman–Crippen MR) is 51.8 cm³/mol. The maximum absolute atomic E-state index is 11.4. The third-order valence-electron chi connectivity index (χ3n) is 0.856. The maximum Gasteiger partial charge on any atom is 0.490 e. The first-order chi connectivity index (χ1) is 6.54. The van der Waals surface area contributed by atoms with E-state index in [1.807, 2.05) is 0 Å².